The van der Waals surface area contributed by atoms with Crippen molar-refractivity contribution >= 4 is 66.8 Å². The molecule has 0 saturated heterocycles. The molecular formula is C56H37N5O. The van der Waals surface area contributed by atoms with Crippen LogP contribution in [-0.4, -0.2) is 14.5 Å². The second-order valence-electron chi connectivity index (χ2n) is 15.5. The van der Waals surface area contributed by atoms with Crippen molar-refractivity contribution in [1.82, 2.24) is 14.5 Å². The average molecular weight is 796 g/mol. The summed E-state index contributed by atoms with van der Waals surface area (Å²) in [5.74, 6) is 2.24. The Morgan fingerprint density at radius 1 is 0.387 bits per heavy atom. The van der Waals surface area contributed by atoms with Crippen molar-refractivity contribution < 1.29 is 4.74 Å². The first-order valence-corrected chi connectivity index (χ1v) is 20.8. The third-order valence-corrected chi connectivity index (χ3v) is 11.8. The van der Waals surface area contributed by atoms with E-state index in [0.29, 0.717) is 5.95 Å². The van der Waals surface area contributed by atoms with Crippen LogP contribution in [0, 0.1) is 0 Å². The zero-order chi connectivity index (χ0) is 41.0. The van der Waals surface area contributed by atoms with Crippen LogP contribution < -0.4 is 14.5 Å². The van der Waals surface area contributed by atoms with Gasteiger partial charge in [0.1, 0.15) is 0 Å². The topological polar surface area (TPSA) is 46.4 Å². The van der Waals surface area contributed by atoms with Crippen molar-refractivity contribution in [3.63, 3.8) is 0 Å². The Kier molecular flexibility index (Phi) is 8.38. The molecule has 0 unspecified atom stereocenters. The first-order chi connectivity index (χ1) is 30.7. The summed E-state index contributed by atoms with van der Waals surface area (Å²) in [4.78, 5) is 15.0. The molecule has 6 heteroatoms. The number of anilines is 6. The van der Waals surface area contributed by atoms with E-state index in [0.717, 1.165) is 101 Å². The number of benzene rings is 9. The number of nitrogens with zero attached hydrogens (tertiary/aromatic N) is 5. The van der Waals surface area contributed by atoms with Gasteiger partial charge in [0, 0.05) is 44.5 Å². The highest BCUT2D eigenvalue weighted by atomic mass is 16.5. The summed E-state index contributed by atoms with van der Waals surface area (Å²) in [5.41, 5.74) is 13.4. The molecule has 3 heterocycles. The van der Waals surface area contributed by atoms with Crippen LogP contribution >= 0.6 is 0 Å². The lowest BCUT2D eigenvalue weighted by Crippen LogP contribution is -2.16. The predicted molar refractivity (Wildman–Crippen MR) is 254 cm³/mol. The average Bonchev–Trinajstić information content (AvgIpc) is 3.68. The molecule has 0 radical (unpaired) electrons. The molecule has 2 aromatic heterocycles. The van der Waals surface area contributed by atoms with Crippen LogP contribution in [0.3, 0.4) is 0 Å². The molecule has 1 aliphatic heterocycles. The van der Waals surface area contributed by atoms with Gasteiger partial charge in [0.15, 0.2) is 11.5 Å². The molecule has 0 N–H and O–H groups in total. The lowest BCUT2D eigenvalue weighted by molar-refractivity contribution is 0.477. The summed E-state index contributed by atoms with van der Waals surface area (Å²) in [6.45, 7) is 0. The van der Waals surface area contributed by atoms with Gasteiger partial charge in [-0.2, -0.15) is 0 Å². The number of fused-ring (bicyclic) bond motifs is 6. The number of hydrogen-bond acceptors (Lipinski definition) is 5. The molecule has 0 bridgehead atoms. The van der Waals surface area contributed by atoms with Gasteiger partial charge in [0.2, 0.25) is 5.95 Å². The lowest BCUT2D eigenvalue weighted by atomic mass is 10.0. The van der Waals surface area contributed by atoms with Crippen molar-refractivity contribution in [2.24, 2.45) is 0 Å². The molecule has 12 rings (SSSR count). The molecule has 0 amide bonds. The second kappa shape index (κ2) is 14.7. The van der Waals surface area contributed by atoms with E-state index in [4.69, 9.17) is 14.7 Å². The van der Waals surface area contributed by atoms with E-state index in [2.05, 4.69) is 208 Å². The molecule has 0 atom stereocenters. The molecular weight excluding hydrogens is 759 g/mol. The summed E-state index contributed by atoms with van der Waals surface area (Å²) in [7, 11) is 0. The molecule has 62 heavy (non-hydrogen) atoms. The Morgan fingerprint density at radius 2 is 0.968 bits per heavy atom. The third-order valence-electron chi connectivity index (χ3n) is 11.8. The fourth-order valence-corrected chi connectivity index (χ4v) is 8.92. The van der Waals surface area contributed by atoms with Gasteiger partial charge in [-0.15, -0.1) is 0 Å². The molecule has 0 spiro atoms. The van der Waals surface area contributed by atoms with Crippen LogP contribution in [0.25, 0.3) is 61.0 Å². The van der Waals surface area contributed by atoms with Crippen LogP contribution in [0.2, 0.25) is 0 Å². The van der Waals surface area contributed by atoms with E-state index >= 15 is 0 Å². The number of hydrogen-bond donors (Lipinski definition) is 0. The highest BCUT2D eigenvalue weighted by Crippen LogP contribution is 2.52. The minimum absolute atomic E-state index is 0.642. The molecule has 292 valence electrons. The number of rotatable bonds is 7. The first-order valence-electron chi connectivity index (χ1n) is 20.8. The van der Waals surface area contributed by atoms with Crippen LogP contribution in [0.4, 0.5) is 34.1 Å². The summed E-state index contributed by atoms with van der Waals surface area (Å²) in [6.07, 6.45) is 0. The highest BCUT2D eigenvalue weighted by Gasteiger charge is 2.27. The van der Waals surface area contributed by atoms with Crippen molar-refractivity contribution in [2.75, 3.05) is 9.80 Å². The fourth-order valence-electron chi connectivity index (χ4n) is 8.92. The summed E-state index contributed by atoms with van der Waals surface area (Å²) in [5, 5.41) is 3.29. The maximum absolute atomic E-state index is 6.70. The summed E-state index contributed by atoms with van der Waals surface area (Å²) >= 11 is 0. The minimum atomic E-state index is 0.642. The van der Waals surface area contributed by atoms with Gasteiger partial charge in [0.05, 0.1) is 33.6 Å². The van der Waals surface area contributed by atoms with Crippen LogP contribution in [0.5, 0.6) is 11.5 Å². The van der Waals surface area contributed by atoms with Crippen molar-refractivity contribution in [1.29, 1.82) is 0 Å². The number of ether oxygens (including phenoxy) is 1. The normalized spacial score (nSPS) is 12.0. The Balaban J connectivity index is 0.944. The summed E-state index contributed by atoms with van der Waals surface area (Å²) in [6, 6.07) is 78.4. The van der Waals surface area contributed by atoms with Gasteiger partial charge in [0.25, 0.3) is 0 Å². The number of para-hydroxylation sites is 6. The minimum Gasteiger partial charge on any atom is -0.453 e. The smallest absolute Gasteiger partial charge is 0.235 e. The van der Waals surface area contributed by atoms with Gasteiger partial charge in [-0.1, -0.05) is 127 Å². The standard InChI is InChI=1S/C56H37N5O/c1-4-16-38(17-5-1)55-46-23-10-12-24-48(46)57-56(58-55)61-49-25-13-11-22-45(49)47-36-39(28-34-50(47)61)40-29-35-52-54(37-40)62-53-27-15-14-26-51(53)60(52)44-32-30-43(31-33-44)59(41-18-6-2-7-19-41)42-20-8-3-9-21-42/h1-37H. The molecule has 1 aliphatic rings. The van der Waals surface area contributed by atoms with E-state index in [1.165, 1.54) is 0 Å². The number of aromatic nitrogens is 3. The maximum atomic E-state index is 6.70. The van der Waals surface area contributed by atoms with Gasteiger partial charge >= 0.3 is 0 Å². The van der Waals surface area contributed by atoms with E-state index in [9.17, 15) is 0 Å². The maximum Gasteiger partial charge on any atom is 0.235 e. The molecule has 9 aromatic carbocycles. The quantitative estimate of drug-likeness (QED) is 0.161. The third kappa shape index (κ3) is 5.96. The van der Waals surface area contributed by atoms with E-state index in [1.807, 2.05) is 30.3 Å². The van der Waals surface area contributed by atoms with E-state index < -0.39 is 0 Å². The van der Waals surface area contributed by atoms with Gasteiger partial charge in [-0.3, -0.25) is 4.57 Å². The molecule has 0 aliphatic carbocycles. The van der Waals surface area contributed by atoms with Gasteiger partial charge < -0.3 is 14.5 Å². The monoisotopic (exact) mass is 795 g/mol. The van der Waals surface area contributed by atoms with Crippen molar-refractivity contribution in [2.45, 2.75) is 0 Å². The zero-order valence-corrected chi connectivity index (χ0v) is 33.5. The van der Waals surface area contributed by atoms with Crippen LogP contribution in [0.15, 0.2) is 224 Å². The molecule has 0 saturated carbocycles. The van der Waals surface area contributed by atoms with Crippen molar-refractivity contribution in [3.05, 3.63) is 224 Å². The Morgan fingerprint density at radius 3 is 1.74 bits per heavy atom. The zero-order valence-electron chi connectivity index (χ0n) is 33.5. The molecule has 6 nitrogen and oxygen atoms in total. The Bertz CT molecular complexity index is 3400. The second-order valence-corrected chi connectivity index (χ2v) is 15.5. The largest absolute Gasteiger partial charge is 0.453 e. The molecule has 0 fully saturated rings. The molecule has 11 aromatic rings. The van der Waals surface area contributed by atoms with Gasteiger partial charge in [-0.25, -0.2) is 9.97 Å². The fraction of sp³-hybridized carbons (Fsp3) is 0. The van der Waals surface area contributed by atoms with Crippen LogP contribution in [-0.2, 0) is 0 Å². The Labute approximate surface area is 358 Å². The summed E-state index contributed by atoms with van der Waals surface area (Å²) < 4.78 is 8.90. The Hall–Kier alpha value is -8.48. The first kappa shape index (κ1) is 35.5. The lowest BCUT2D eigenvalue weighted by Gasteiger charge is -2.33. The SMILES string of the molecule is c1ccc(-c2nc(-n3c4ccccc4c4cc(-c5ccc6c(c5)Oc5ccccc5N6c5ccc(N(c6ccccc6)c6ccccc6)cc5)ccc43)nc3ccccc23)cc1. The highest BCUT2D eigenvalue weighted by molar-refractivity contribution is 6.10. The van der Waals surface area contributed by atoms with E-state index in [-0.39, 0.29) is 0 Å². The van der Waals surface area contributed by atoms with Crippen LogP contribution in [0.1, 0.15) is 0 Å². The predicted octanol–water partition coefficient (Wildman–Crippen LogP) is 15.1. The van der Waals surface area contributed by atoms with Crippen molar-refractivity contribution in [3.8, 4) is 39.8 Å². The van der Waals surface area contributed by atoms with Gasteiger partial charge in [-0.05, 0) is 108 Å². The van der Waals surface area contributed by atoms with E-state index in [1.54, 1.807) is 0 Å².